The normalized spacial score (nSPS) is 11.6. The summed E-state index contributed by atoms with van der Waals surface area (Å²) in [5.41, 5.74) is 4.45. The van der Waals surface area contributed by atoms with Crippen molar-refractivity contribution in [3.05, 3.63) is 36.5 Å². The summed E-state index contributed by atoms with van der Waals surface area (Å²) in [4.78, 5) is 8.62. The number of hydrogen-bond donors (Lipinski definition) is 3. The lowest BCUT2D eigenvalue weighted by atomic mass is 10.2. The van der Waals surface area contributed by atoms with Crippen LogP contribution in [-0.4, -0.2) is 17.5 Å². The van der Waals surface area contributed by atoms with Crippen molar-refractivity contribution in [1.29, 1.82) is 0 Å². The van der Waals surface area contributed by atoms with Crippen LogP contribution in [0.15, 0.2) is 41.5 Å². The summed E-state index contributed by atoms with van der Waals surface area (Å²) in [6.45, 7) is 2.80. The van der Waals surface area contributed by atoms with E-state index >= 15 is 0 Å². The average Bonchev–Trinajstić information content (AvgIpc) is 2.43. The van der Waals surface area contributed by atoms with Crippen LogP contribution in [0.4, 0.5) is 5.69 Å². The molecule has 94 valence electrons. The second kappa shape index (κ2) is 5.97. The van der Waals surface area contributed by atoms with Crippen LogP contribution >= 0.6 is 0 Å². The molecule has 1 aromatic carbocycles. The summed E-state index contributed by atoms with van der Waals surface area (Å²) in [7, 11) is 0. The molecular weight excluding hydrogens is 226 g/mol. The number of guanidine groups is 1. The van der Waals surface area contributed by atoms with Crippen molar-refractivity contribution < 1.29 is 0 Å². The van der Waals surface area contributed by atoms with Gasteiger partial charge in [-0.05, 0) is 30.7 Å². The lowest BCUT2D eigenvalue weighted by Crippen LogP contribution is -2.36. The highest BCUT2D eigenvalue weighted by Crippen LogP contribution is 2.20. The van der Waals surface area contributed by atoms with Crippen LogP contribution in [0, 0.1) is 0 Å². The van der Waals surface area contributed by atoms with Gasteiger partial charge in [0, 0.05) is 18.1 Å². The highest BCUT2D eigenvalue weighted by Gasteiger charge is 2.02. The van der Waals surface area contributed by atoms with E-state index in [1.165, 1.54) is 0 Å². The van der Waals surface area contributed by atoms with Crippen LogP contribution in [0.3, 0.4) is 0 Å². The number of nitrogens with zero attached hydrogens (tertiary/aromatic N) is 2. The second-order valence-corrected chi connectivity index (χ2v) is 3.88. The van der Waals surface area contributed by atoms with Gasteiger partial charge in [0.15, 0.2) is 0 Å². The minimum atomic E-state index is 0.563. The number of nitrogens with one attached hydrogen (secondary N) is 2. The molecule has 0 saturated carbocycles. The summed E-state index contributed by atoms with van der Waals surface area (Å²) < 4.78 is 0. The van der Waals surface area contributed by atoms with E-state index in [-0.39, 0.29) is 0 Å². The molecule has 0 amide bonds. The molecule has 0 saturated heterocycles. The molecule has 0 spiro atoms. The third kappa shape index (κ3) is 2.75. The molecule has 0 unspecified atom stereocenters. The molecule has 0 fully saturated rings. The molecule has 0 radical (unpaired) electrons. The van der Waals surface area contributed by atoms with Gasteiger partial charge in [-0.2, -0.15) is 0 Å². The van der Waals surface area contributed by atoms with Gasteiger partial charge in [0.05, 0.1) is 11.2 Å². The number of benzene rings is 1. The molecular formula is C13H17N5. The molecule has 18 heavy (non-hydrogen) atoms. The Hall–Kier alpha value is -2.14. The zero-order chi connectivity index (χ0) is 12.8. The van der Waals surface area contributed by atoms with Gasteiger partial charge in [0.25, 0.3) is 0 Å². The Balaban J connectivity index is 2.31. The molecule has 0 aliphatic rings. The van der Waals surface area contributed by atoms with Crippen LogP contribution in [0.1, 0.15) is 13.3 Å². The van der Waals surface area contributed by atoms with E-state index < -0.39 is 0 Å². The van der Waals surface area contributed by atoms with Crippen molar-refractivity contribution in [3.8, 4) is 0 Å². The summed E-state index contributed by atoms with van der Waals surface area (Å²) >= 11 is 0. The van der Waals surface area contributed by atoms with E-state index in [1.54, 1.807) is 6.20 Å². The van der Waals surface area contributed by atoms with Crippen LogP contribution in [0.25, 0.3) is 10.9 Å². The van der Waals surface area contributed by atoms with E-state index in [0.29, 0.717) is 5.96 Å². The number of pyridine rings is 1. The van der Waals surface area contributed by atoms with Crippen molar-refractivity contribution in [3.63, 3.8) is 0 Å². The fourth-order valence-electron chi connectivity index (χ4n) is 1.68. The van der Waals surface area contributed by atoms with Crippen LogP contribution < -0.4 is 16.6 Å². The first-order valence-corrected chi connectivity index (χ1v) is 5.97. The van der Waals surface area contributed by atoms with Crippen molar-refractivity contribution in [1.82, 2.24) is 10.4 Å². The lowest BCUT2D eigenvalue weighted by Gasteiger charge is -2.11. The summed E-state index contributed by atoms with van der Waals surface area (Å²) in [5.74, 6) is 6.01. The van der Waals surface area contributed by atoms with E-state index in [4.69, 9.17) is 5.84 Å². The van der Waals surface area contributed by atoms with Crippen molar-refractivity contribution in [2.75, 3.05) is 11.9 Å². The van der Waals surface area contributed by atoms with Crippen molar-refractivity contribution >= 4 is 22.5 Å². The average molecular weight is 243 g/mol. The van der Waals surface area contributed by atoms with Crippen molar-refractivity contribution in [2.24, 2.45) is 10.8 Å². The Morgan fingerprint density at radius 2 is 2.22 bits per heavy atom. The Labute approximate surface area is 106 Å². The molecule has 1 aromatic heterocycles. The molecule has 5 heteroatoms. The van der Waals surface area contributed by atoms with Gasteiger partial charge < -0.3 is 5.32 Å². The molecule has 0 aliphatic heterocycles. The smallest absolute Gasteiger partial charge is 0.210 e. The minimum absolute atomic E-state index is 0.563. The molecule has 0 atom stereocenters. The topological polar surface area (TPSA) is 75.3 Å². The number of aromatic nitrogens is 1. The predicted molar refractivity (Wildman–Crippen MR) is 75.3 cm³/mol. The van der Waals surface area contributed by atoms with E-state index in [0.717, 1.165) is 29.6 Å². The first-order valence-electron chi connectivity index (χ1n) is 5.97. The zero-order valence-corrected chi connectivity index (χ0v) is 10.4. The highest BCUT2D eigenvalue weighted by molar-refractivity contribution is 6.02. The highest BCUT2D eigenvalue weighted by atomic mass is 15.3. The number of fused-ring (bicyclic) bond motifs is 1. The van der Waals surface area contributed by atoms with Gasteiger partial charge in [-0.3, -0.25) is 15.4 Å². The number of rotatable bonds is 3. The minimum Gasteiger partial charge on any atom is -0.325 e. The molecule has 1 heterocycles. The lowest BCUT2D eigenvalue weighted by molar-refractivity contribution is 0.905. The van der Waals surface area contributed by atoms with Crippen LogP contribution in [0.2, 0.25) is 0 Å². The Kier molecular flexibility index (Phi) is 4.09. The van der Waals surface area contributed by atoms with E-state index in [9.17, 15) is 0 Å². The maximum absolute atomic E-state index is 5.45. The van der Waals surface area contributed by atoms with Crippen LogP contribution in [-0.2, 0) is 0 Å². The third-order valence-electron chi connectivity index (χ3n) is 2.53. The summed E-state index contributed by atoms with van der Waals surface area (Å²) in [6.07, 6.45) is 2.75. The maximum Gasteiger partial charge on any atom is 0.210 e. The standard InChI is InChI=1S/C13H17N5/c1-2-8-16-13(18-14)17-12-7-3-6-11-10(12)5-4-9-15-11/h3-7,9H,2,8,14H2,1H3,(H2,16,17,18). The third-order valence-corrected chi connectivity index (χ3v) is 2.53. The molecule has 5 nitrogen and oxygen atoms in total. The van der Waals surface area contributed by atoms with Gasteiger partial charge in [-0.25, -0.2) is 5.84 Å². The van der Waals surface area contributed by atoms with Gasteiger partial charge in [-0.1, -0.05) is 13.0 Å². The molecule has 0 aliphatic carbocycles. The Morgan fingerprint density at radius 1 is 1.33 bits per heavy atom. The number of nitrogens with two attached hydrogens (primary N) is 1. The van der Waals surface area contributed by atoms with Crippen LogP contribution in [0.5, 0.6) is 0 Å². The molecule has 0 bridgehead atoms. The molecule has 2 aromatic rings. The van der Waals surface area contributed by atoms with Crippen molar-refractivity contribution in [2.45, 2.75) is 13.3 Å². The van der Waals surface area contributed by atoms with E-state index in [2.05, 4.69) is 27.6 Å². The summed E-state index contributed by atoms with van der Waals surface area (Å²) in [6, 6.07) is 9.82. The first kappa shape index (κ1) is 12.3. The first-order chi connectivity index (χ1) is 8.85. The van der Waals surface area contributed by atoms with E-state index in [1.807, 2.05) is 30.3 Å². The van der Waals surface area contributed by atoms with Gasteiger partial charge in [0.1, 0.15) is 0 Å². The van der Waals surface area contributed by atoms with Gasteiger partial charge in [0.2, 0.25) is 5.96 Å². The quantitative estimate of drug-likeness (QED) is 0.333. The SMILES string of the molecule is CCCN=C(NN)Nc1cccc2ncccc12. The monoisotopic (exact) mass is 243 g/mol. The Morgan fingerprint density at radius 3 is 3.00 bits per heavy atom. The van der Waals surface area contributed by atoms with Gasteiger partial charge in [-0.15, -0.1) is 0 Å². The fourth-order valence-corrected chi connectivity index (χ4v) is 1.68. The molecule has 2 rings (SSSR count). The maximum atomic E-state index is 5.45. The predicted octanol–water partition coefficient (Wildman–Crippen LogP) is 1.88. The Bertz CT molecular complexity index is 545. The number of aliphatic imine (C=N–C) groups is 1. The molecule has 4 N–H and O–H groups in total. The number of hydrogen-bond acceptors (Lipinski definition) is 3. The fraction of sp³-hybridized carbons (Fsp3) is 0.231. The number of hydrazine groups is 1. The zero-order valence-electron chi connectivity index (χ0n) is 10.4. The summed E-state index contributed by atoms with van der Waals surface area (Å²) in [5, 5.41) is 4.22. The number of anilines is 1. The van der Waals surface area contributed by atoms with Gasteiger partial charge >= 0.3 is 0 Å². The largest absolute Gasteiger partial charge is 0.325 e. The second-order valence-electron chi connectivity index (χ2n) is 3.88.